The molecule has 11 heteroatoms. The number of ether oxygens (including phenoxy) is 1. The summed E-state index contributed by atoms with van der Waals surface area (Å²) in [4.78, 5) is 17.0. The second-order valence-electron chi connectivity index (χ2n) is 8.64. The minimum atomic E-state index is -4.62. The minimum Gasteiger partial charge on any atom is -0.383 e. The van der Waals surface area contributed by atoms with Crippen molar-refractivity contribution in [1.29, 1.82) is 0 Å². The highest BCUT2D eigenvalue weighted by Gasteiger charge is 2.35. The van der Waals surface area contributed by atoms with E-state index in [0.29, 0.717) is 17.7 Å². The Bertz CT molecular complexity index is 985. The van der Waals surface area contributed by atoms with Gasteiger partial charge in [0.25, 0.3) is 0 Å². The van der Waals surface area contributed by atoms with Crippen molar-refractivity contribution in [3.63, 3.8) is 0 Å². The lowest BCUT2D eigenvalue weighted by Gasteiger charge is -2.41. The fourth-order valence-corrected chi connectivity index (χ4v) is 4.38. The number of hydrogen-bond acceptors (Lipinski definition) is 7. The summed E-state index contributed by atoms with van der Waals surface area (Å²) in [6.07, 6.45) is -2.53. The average molecular weight is 452 g/mol. The Balaban J connectivity index is 1.46. The molecule has 0 amide bonds. The van der Waals surface area contributed by atoms with Gasteiger partial charge in [0, 0.05) is 23.4 Å². The predicted octanol–water partition coefficient (Wildman–Crippen LogP) is 2.88. The van der Waals surface area contributed by atoms with Gasteiger partial charge in [0.1, 0.15) is 12.0 Å². The number of nitrogens with zero attached hydrogens (tertiary/aromatic N) is 5. The molecule has 7 nitrogen and oxygen atoms in total. The van der Waals surface area contributed by atoms with Gasteiger partial charge in [-0.2, -0.15) is 13.2 Å². The van der Waals surface area contributed by atoms with Crippen LogP contribution in [0, 0.1) is 0 Å². The Labute approximate surface area is 182 Å². The van der Waals surface area contributed by atoms with Crippen molar-refractivity contribution >= 4 is 11.8 Å². The minimum absolute atomic E-state index is 0.152. The highest BCUT2D eigenvalue weighted by molar-refractivity contribution is 5.64. The Morgan fingerprint density at radius 1 is 1.06 bits per heavy atom. The maximum atomic E-state index is 13.5. The largest absolute Gasteiger partial charge is 0.419 e. The van der Waals surface area contributed by atoms with Crippen LogP contribution in [0.15, 0.2) is 18.3 Å². The molecule has 0 spiro atoms. The van der Waals surface area contributed by atoms with E-state index in [1.54, 1.807) is 11.0 Å². The Kier molecular flexibility index (Phi) is 5.40. The summed E-state index contributed by atoms with van der Waals surface area (Å²) in [6.45, 7) is 3.69. The predicted molar refractivity (Wildman–Crippen MR) is 110 cm³/mol. The molecule has 0 bridgehead atoms. The summed E-state index contributed by atoms with van der Waals surface area (Å²) in [5.74, 6) is -0.0864. The third-order valence-electron chi connectivity index (χ3n) is 6.46. The molecule has 3 fully saturated rings. The van der Waals surface area contributed by atoms with Crippen LogP contribution in [0.5, 0.6) is 0 Å². The van der Waals surface area contributed by atoms with E-state index < -0.39 is 23.7 Å². The quantitative estimate of drug-likeness (QED) is 0.715. The third-order valence-corrected chi connectivity index (χ3v) is 6.46. The van der Waals surface area contributed by atoms with Crippen LogP contribution in [0.1, 0.15) is 30.0 Å². The summed E-state index contributed by atoms with van der Waals surface area (Å²) in [5.41, 5.74) is 5.76. The van der Waals surface area contributed by atoms with Crippen LogP contribution >= 0.6 is 0 Å². The topological polar surface area (TPSA) is 80.4 Å². The fraction of sp³-hybridized carbons (Fsp3) is 0.571. The lowest BCUT2D eigenvalue weighted by molar-refractivity contribution is -0.137. The van der Waals surface area contributed by atoms with Gasteiger partial charge in [-0.15, -0.1) is 0 Å². The van der Waals surface area contributed by atoms with Gasteiger partial charge in [0.15, 0.2) is 0 Å². The first kappa shape index (κ1) is 21.3. The van der Waals surface area contributed by atoms with Crippen LogP contribution in [0.2, 0.25) is 0 Å². The SMILES string of the molecule is Nc1ncc(-c2cc(C3CCN(C4COC4)CC3)nc(N3CC(F)C3)n2)cc1C(F)(F)F. The molecule has 5 rings (SSSR count). The molecule has 0 radical (unpaired) electrons. The van der Waals surface area contributed by atoms with E-state index in [4.69, 9.17) is 10.5 Å². The van der Waals surface area contributed by atoms with E-state index in [1.165, 1.54) is 6.20 Å². The fourth-order valence-electron chi connectivity index (χ4n) is 4.38. The monoisotopic (exact) mass is 452 g/mol. The van der Waals surface area contributed by atoms with Gasteiger partial charge in [-0.3, -0.25) is 4.90 Å². The first-order valence-corrected chi connectivity index (χ1v) is 10.7. The van der Waals surface area contributed by atoms with Crippen LogP contribution in [-0.2, 0) is 10.9 Å². The summed E-state index contributed by atoms with van der Waals surface area (Å²) in [5, 5.41) is 0. The molecule has 5 heterocycles. The number of aromatic nitrogens is 3. The van der Waals surface area contributed by atoms with Crippen molar-refractivity contribution in [3.8, 4) is 11.3 Å². The summed E-state index contributed by atoms with van der Waals surface area (Å²) >= 11 is 0. The summed E-state index contributed by atoms with van der Waals surface area (Å²) in [6, 6.07) is 3.17. The summed E-state index contributed by atoms with van der Waals surface area (Å²) < 4.78 is 58.8. The van der Waals surface area contributed by atoms with Gasteiger partial charge in [0.2, 0.25) is 5.95 Å². The Hall–Kier alpha value is -2.53. The standard InChI is InChI=1S/C21H24F4N6O/c22-14-8-31(9-14)20-28-17(12-1-3-30(4-2-12)15-10-32-11-15)6-18(29-20)13-5-16(21(23,24)25)19(26)27-7-13/h5-7,12,14-15H,1-4,8-11H2,(H2,26,27). The molecule has 3 aliphatic rings. The number of alkyl halides is 4. The highest BCUT2D eigenvalue weighted by atomic mass is 19.4. The van der Waals surface area contributed by atoms with Crippen LogP contribution in [0.4, 0.5) is 29.3 Å². The number of halogens is 4. The average Bonchev–Trinajstić information content (AvgIpc) is 2.70. The lowest BCUT2D eigenvalue weighted by atomic mass is 9.91. The van der Waals surface area contributed by atoms with E-state index >= 15 is 0 Å². The molecule has 0 unspecified atom stereocenters. The van der Waals surface area contributed by atoms with E-state index in [0.717, 1.165) is 50.9 Å². The zero-order valence-electron chi connectivity index (χ0n) is 17.4. The summed E-state index contributed by atoms with van der Waals surface area (Å²) in [7, 11) is 0. The number of nitrogens with two attached hydrogens (primary N) is 1. The van der Waals surface area contributed by atoms with Crippen LogP contribution in [0.3, 0.4) is 0 Å². The van der Waals surface area contributed by atoms with Crippen LogP contribution < -0.4 is 10.6 Å². The second-order valence-corrected chi connectivity index (χ2v) is 8.64. The van der Waals surface area contributed by atoms with Crippen molar-refractivity contribution in [2.45, 2.75) is 37.1 Å². The van der Waals surface area contributed by atoms with Gasteiger partial charge in [-0.1, -0.05) is 0 Å². The number of piperidine rings is 1. The van der Waals surface area contributed by atoms with E-state index in [2.05, 4.69) is 19.9 Å². The normalized spacial score (nSPS) is 21.4. The molecule has 2 aromatic rings. The van der Waals surface area contributed by atoms with Gasteiger partial charge < -0.3 is 15.4 Å². The highest BCUT2D eigenvalue weighted by Crippen LogP contribution is 2.37. The van der Waals surface area contributed by atoms with E-state index in [-0.39, 0.29) is 24.6 Å². The molecule has 3 saturated heterocycles. The van der Waals surface area contributed by atoms with Gasteiger partial charge in [-0.05, 0) is 38.1 Å². The zero-order chi connectivity index (χ0) is 22.5. The van der Waals surface area contributed by atoms with Crippen LogP contribution in [-0.4, -0.2) is 71.5 Å². The van der Waals surface area contributed by atoms with Crippen molar-refractivity contribution in [2.24, 2.45) is 0 Å². The number of nitrogen functional groups attached to an aromatic ring is 1. The molecule has 32 heavy (non-hydrogen) atoms. The second kappa shape index (κ2) is 8.11. The number of rotatable bonds is 4. The van der Waals surface area contributed by atoms with Crippen molar-refractivity contribution in [1.82, 2.24) is 19.9 Å². The number of anilines is 2. The maximum absolute atomic E-state index is 13.5. The van der Waals surface area contributed by atoms with Gasteiger partial charge in [0.05, 0.1) is 43.6 Å². The van der Waals surface area contributed by atoms with Crippen molar-refractivity contribution in [3.05, 3.63) is 29.6 Å². The Morgan fingerprint density at radius 3 is 2.38 bits per heavy atom. The lowest BCUT2D eigenvalue weighted by Crippen LogP contribution is -2.51. The van der Waals surface area contributed by atoms with Crippen molar-refractivity contribution < 1.29 is 22.3 Å². The maximum Gasteiger partial charge on any atom is 0.419 e. The molecule has 0 atom stereocenters. The number of likely N-dealkylation sites (tertiary alicyclic amines) is 1. The van der Waals surface area contributed by atoms with Crippen LogP contribution in [0.25, 0.3) is 11.3 Å². The third kappa shape index (κ3) is 4.11. The van der Waals surface area contributed by atoms with Gasteiger partial charge >= 0.3 is 6.18 Å². The molecule has 0 saturated carbocycles. The van der Waals surface area contributed by atoms with Gasteiger partial charge in [-0.25, -0.2) is 19.3 Å². The Morgan fingerprint density at radius 2 is 1.78 bits per heavy atom. The molecule has 0 aromatic carbocycles. The molecule has 0 aliphatic carbocycles. The van der Waals surface area contributed by atoms with E-state index in [1.807, 2.05) is 0 Å². The molecule has 2 N–H and O–H groups in total. The van der Waals surface area contributed by atoms with Crippen molar-refractivity contribution in [2.75, 3.05) is 50.0 Å². The molecular formula is C21H24F4N6O. The molecule has 172 valence electrons. The number of pyridine rings is 1. The smallest absolute Gasteiger partial charge is 0.383 e. The molecule has 3 aliphatic heterocycles. The molecule has 2 aromatic heterocycles. The number of hydrogen-bond donors (Lipinski definition) is 1. The first-order valence-electron chi connectivity index (χ1n) is 10.7. The first-order chi connectivity index (χ1) is 15.3. The molecular weight excluding hydrogens is 428 g/mol. The van der Waals surface area contributed by atoms with E-state index in [9.17, 15) is 17.6 Å². The zero-order valence-corrected chi connectivity index (χ0v) is 17.4.